The first-order valence-electron chi connectivity index (χ1n) is 10.8. The Morgan fingerprint density at radius 1 is 1.03 bits per heavy atom. The fourth-order valence-electron chi connectivity index (χ4n) is 4.10. The molecule has 2 aliphatic heterocycles. The number of nitrogens with one attached hydrogen (secondary N) is 2. The number of aliphatic imine (C=N–C) groups is 1. The molecule has 0 spiro atoms. The van der Waals surface area contributed by atoms with Gasteiger partial charge in [-0.3, -0.25) is 14.8 Å². The summed E-state index contributed by atoms with van der Waals surface area (Å²) >= 11 is 0. The summed E-state index contributed by atoms with van der Waals surface area (Å²) in [6.07, 6.45) is 0.581. The second kappa shape index (κ2) is 11.5. The molecule has 2 unspecified atom stereocenters. The third kappa shape index (κ3) is 7.26. The molecule has 0 radical (unpaired) electrons. The van der Waals surface area contributed by atoms with E-state index in [4.69, 9.17) is 9.47 Å². The van der Waals surface area contributed by atoms with Crippen LogP contribution in [0.1, 0.15) is 25.0 Å². The number of hydrogen-bond acceptors (Lipinski definition) is 5. The standard InChI is InChI=1S/C22H37N5O2/c1-18-15-27(16-19(2)29-18)17-21-7-5-4-6-20(21)14-25-22(23-3)24-8-9-26-10-12-28-13-11-26/h4-7,18-19H,8-17H2,1-3H3,(H2,23,24,25). The van der Waals surface area contributed by atoms with E-state index in [0.29, 0.717) is 12.2 Å². The summed E-state index contributed by atoms with van der Waals surface area (Å²) in [4.78, 5) is 9.29. The Hall–Kier alpha value is -1.67. The average Bonchev–Trinajstić information content (AvgIpc) is 2.71. The van der Waals surface area contributed by atoms with Crippen LogP contribution in [0.2, 0.25) is 0 Å². The summed E-state index contributed by atoms with van der Waals surface area (Å²) in [5, 5.41) is 6.90. The largest absolute Gasteiger partial charge is 0.379 e. The van der Waals surface area contributed by atoms with E-state index in [1.807, 2.05) is 7.05 Å². The van der Waals surface area contributed by atoms with E-state index in [9.17, 15) is 0 Å². The van der Waals surface area contributed by atoms with Gasteiger partial charge in [0, 0.05) is 59.4 Å². The minimum Gasteiger partial charge on any atom is -0.379 e. The monoisotopic (exact) mass is 403 g/mol. The third-order valence-corrected chi connectivity index (χ3v) is 5.50. The minimum absolute atomic E-state index is 0.290. The molecule has 2 aliphatic rings. The van der Waals surface area contributed by atoms with Gasteiger partial charge in [0.1, 0.15) is 0 Å². The molecular weight excluding hydrogens is 366 g/mol. The molecule has 2 heterocycles. The highest BCUT2D eigenvalue weighted by molar-refractivity contribution is 5.79. The summed E-state index contributed by atoms with van der Waals surface area (Å²) in [5.74, 6) is 0.849. The van der Waals surface area contributed by atoms with Crippen LogP contribution in [0.15, 0.2) is 29.3 Å². The SMILES string of the molecule is CN=C(NCCN1CCOCC1)NCc1ccccc1CN1CC(C)OC(C)C1. The van der Waals surface area contributed by atoms with Crippen molar-refractivity contribution >= 4 is 5.96 Å². The molecule has 0 aromatic heterocycles. The van der Waals surface area contributed by atoms with Gasteiger partial charge in [-0.15, -0.1) is 0 Å². The number of guanidine groups is 1. The van der Waals surface area contributed by atoms with Crippen LogP contribution in [0.5, 0.6) is 0 Å². The number of benzene rings is 1. The fraction of sp³-hybridized carbons (Fsp3) is 0.682. The maximum Gasteiger partial charge on any atom is 0.191 e. The number of ether oxygens (including phenoxy) is 2. The van der Waals surface area contributed by atoms with Crippen molar-refractivity contribution in [1.82, 2.24) is 20.4 Å². The maximum absolute atomic E-state index is 5.87. The normalized spacial score (nSPS) is 24.4. The molecule has 7 heteroatoms. The average molecular weight is 404 g/mol. The molecule has 0 saturated carbocycles. The Morgan fingerprint density at radius 3 is 2.41 bits per heavy atom. The lowest BCUT2D eigenvalue weighted by Crippen LogP contribution is -2.45. The van der Waals surface area contributed by atoms with Gasteiger partial charge in [0.2, 0.25) is 0 Å². The molecule has 1 aromatic rings. The summed E-state index contributed by atoms with van der Waals surface area (Å²) in [7, 11) is 1.83. The van der Waals surface area contributed by atoms with Crippen molar-refractivity contribution in [3.8, 4) is 0 Å². The van der Waals surface area contributed by atoms with E-state index in [1.165, 1.54) is 11.1 Å². The highest BCUT2D eigenvalue weighted by atomic mass is 16.5. The molecule has 0 bridgehead atoms. The van der Waals surface area contributed by atoms with Gasteiger partial charge in [-0.05, 0) is 25.0 Å². The van der Waals surface area contributed by atoms with Gasteiger partial charge in [-0.2, -0.15) is 0 Å². The van der Waals surface area contributed by atoms with Crippen LogP contribution in [0.25, 0.3) is 0 Å². The first kappa shape index (κ1) is 22.0. The van der Waals surface area contributed by atoms with Gasteiger partial charge < -0.3 is 20.1 Å². The molecule has 0 amide bonds. The summed E-state index contributed by atoms with van der Waals surface area (Å²) in [6, 6.07) is 8.67. The van der Waals surface area contributed by atoms with Crippen LogP contribution in [0.4, 0.5) is 0 Å². The lowest BCUT2D eigenvalue weighted by atomic mass is 10.1. The Labute approximate surface area is 175 Å². The lowest BCUT2D eigenvalue weighted by Gasteiger charge is -2.35. The van der Waals surface area contributed by atoms with Crippen LogP contribution in [-0.4, -0.2) is 87.5 Å². The number of rotatable bonds is 7. The molecule has 1 aromatic carbocycles. The Kier molecular flexibility index (Phi) is 8.73. The van der Waals surface area contributed by atoms with Gasteiger partial charge in [0.05, 0.1) is 25.4 Å². The zero-order valence-electron chi connectivity index (χ0n) is 18.2. The van der Waals surface area contributed by atoms with Gasteiger partial charge in [0.15, 0.2) is 5.96 Å². The number of nitrogens with zero attached hydrogens (tertiary/aromatic N) is 3. The molecule has 7 nitrogen and oxygen atoms in total. The van der Waals surface area contributed by atoms with E-state index < -0.39 is 0 Å². The molecule has 2 fully saturated rings. The second-order valence-corrected chi connectivity index (χ2v) is 8.03. The zero-order valence-corrected chi connectivity index (χ0v) is 18.2. The van der Waals surface area contributed by atoms with Crippen LogP contribution in [-0.2, 0) is 22.6 Å². The van der Waals surface area contributed by atoms with Gasteiger partial charge in [0.25, 0.3) is 0 Å². The van der Waals surface area contributed by atoms with Crippen molar-refractivity contribution in [2.75, 3.05) is 59.5 Å². The highest BCUT2D eigenvalue weighted by Crippen LogP contribution is 2.17. The molecule has 29 heavy (non-hydrogen) atoms. The lowest BCUT2D eigenvalue weighted by molar-refractivity contribution is -0.0705. The smallest absolute Gasteiger partial charge is 0.191 e. The first-order chi connectivity index (χ1) is 14.1. The predicted molar refractivity (Wildman–Crippen MR) is 117 cm³/mol. The van der Waals surface area contributed by atoms with Crippen molar-refractivity contribution in [3.63, 3.8) is 0 Å². The van der Waals surface area contributed by atoms with E-state index in [0.717, 1.165) is 71.5 Å². The van der Waals surface area contributed by atoms with E-state index in [-0.39, 0.29) is 0 Å². The Balaban J connectivity index is 1.47. The van der Waals surface area contributed by atoms with Crippen LogP contribution >= 0.6 is 0 Å². The quantitative estimate of drug-likeness (QED) is 0.529. The molecule has 2 saturated heterocycles. The van der Waals surface area contributed by atoms with Crippen LogP contribution in [0.3, 0.4) is 0 Å². The Morgan fingerprint density at radius 2 is 1.72 bits per heavy atom. The topological polar surface area (TPSA) is 61.4 Å². The molecule has 162 valence electrons. The van der Waals surface area contributed by atoms with E-state index in [2.05, 4.69) is 63.5 Å². The zero-order chi connectivity index (χ0) is 20.5. The van der Waals surface area contributed by atoms with Crippen LogP contribution in [0, 0.1) is 0 Å². The molecule has 0 aliphatic carbocycles. The summed E-state index contributed by atoms with van der Waals surface area (Å²) < 4.78 is 11.3. The van der Waals surface area contributed by atoms with Crippen LogP contribution < -0.4 is 10.6 Å². The van der Waals surface area contributed by atoms with Gasteiger partial charge in [-0.25, -0.2) is 0 Å². The molecular formula is C22H37N5O2. The predicted octanol–water partition coefficient (Wildman–Crippen LogP) is 1.29. The second-order valence-electron chi connectivity index (χ2n) is 8.03. The third-order valence-electron chi connectivity index (χ3n) is 5.50. The first-order valence-corrected chi connectivity index (χ1v) is 10.8. The maximum atomic E-state index is 5.87. The number of hydrogen-bond donors (Lipinski definition) is 2. The fourth-order valence-corrected chi connectivity index (χ4v) is 4.10. The molecule has 2 atom stereocenters. The van der Waals surface area contributed by atoms with E-state index in [1.54, 1.807) is 0 Å². The van der Waals surface area contributed by atoms with Crippen molar-refractivity contribution in [2.45, 2.75) is 39.1 Å². The van der Waals surface area contributed by atoms with Crippen molar-refractivity contribution in [2.24, 2.45) is 4.99 Å². The van der Waals surface area contributed by atoms with Gasteiger partial charge in [-0.1, -0.05) is 24.3 Å². The number of morpholine rings is 2. The van der Waals surface area contributed by atoms with E-state index >= 15 is 0 Å². The molecule has 2 N–H and O–H groups in total. The summed E-state index contributed by atoms with van der Waals surface area (Å²) in [6.45, 7) is 13.6. The minimum atomic E-state index is 0.290. The van der Waals surface area contributed by atoms with Crippen molar-refractivity contribution in [1.29, 1.82) is 0 Å². The highest BCUT2D eigenvalue weighted by Gasteiger charge is 2.22. The van der Waals surface area contributed by atoms with Crippen molar-refractivity contribution < 1.29 is 9.47 Å². The Bertz CT molecular complexity index is 638. The summed E-state index contributed by atoms with van der Waals surface area (Å²) in [5.41, 5.74) is 2.68. The van der Waals surface area contributed by atoms with Crippen molar-refractivity contribution in [3.05, 3.63) is 35.4 Å². The van der Waals surface area contributed by atoms with Gasteiger partial charge >= 0.3 is 0 Å². The molecule has 3 rings (SSSR count).